The van der Waals surface area contributed by atoms with Crippen LogP contribution in [0.2, 0.25) is 0 Å². The third kappa shape index (κ3) is 4.03. The van der Waals surface area contributed by atoms with Crippen molar-refractivity contribution in [2.24, 2.45) is 0 Å². The first-order valence-corrected chi connectivity index (χ1v) is 6.68. The Labute approximate surface area is 123 Å². The van der Waals surface area contributed by atoms with E-state index in [2.05, 4.69) is 25.4 Å². The Hall–Kier alpha value is -2.41. The molecule has 1 unspecified atom stereocenters. The van der Waals surface area contributed by atoms with Crippen LogP contribution < -0.4 is 11.1 Å². The highest BCUT2D eigenvalue weighted by Crippen LogP contribution is 2.11. The molecule has 0 radical (unpaired) electrons. The second kappa shape index (κ2) is 6.36. The maximum Gasteiger partial charge on any atom is 0.251 e. The van der Waals surface area contributed by atoms with Crippen molar-refractivity contribution in [3.63, 3.8) is 0 Å². The minimum absolute atomic E-state index is 0.155. The van der Waals surface area contributed by atoms with Crippen LogP contribution in [0.25, 0.3) is 0 Å². The molecular weight excluding hydrogens is 268 g/mol. The zero-order valence-electron chi connectivity index (χ0n) is 12.4. The third-order valence-electron chi connectivity index (χ3n) is 2.97. The number of hydrogen-bond acceptors (Lipinski definition) is 5. The Kier molecular flexibility index (Phi) is 4.54. The summed E-state index contributed by atoms with van der Waals surface area (Å²) in [6.07, 6.45) is 0. The van der Waals surface area contributed by atoms with Crippen molar-refractivity contribution in [1.82, 2.24) is 25.4 Å². The van der Waals surface area contributed by atoms with E-state index < -0.39 is 0 Å². The van der Waals surface area contributed by atoms with Crippen LogP contribution in [0, 0.1) is 0 Å². The molecule has 1 aromatic heterocycles. The molecule has 1 aromatic carbocycles. The van der Waals surface area contributed by atoms with Crippen LogP contribution in [-0.2, 0) is 6.54 Å². The van der Waals surface area contributed by atoms with Crippen molar-refractivity contribution in [2.75, 3.05) is 19.8 Å². The van der Waals surface area contributed by atoms with Crippen molar-refractivity contribution in [3.05, 3.63) is 41.2 Å². The molecule has 0 saturated carbocycles. The van der Waals surface area contributed by atoms with E-state index >= 15 is 0 Å². The van der Waals surface area contributed by atoms with Gasteiger partial charge < -0.3 is 16.0 Å². The number of amides is 1. The van der Waals surface area contributed by atoms with Crippen LogP contribution in [0.15, 0.2) is 24.3 Å². The summed E-state index contributed by atoms with van der Waals surface area (Å²) < 4.78 is 0. The number of aromatic nitrogens is 3. The van der Waals surface area contributed by atoms with Gasteiger partial charge >= 0.3 is 0 Å². The summed E-state index contributed by atoms with van der Waals surface area (Å²) in [5.41, 5.74) is 7.16. The van der Waals surface area contributed by atoms with Gasteiger partial charge in [0.15, 0.2) is 0 Å². The number of carbonyl (C=O) groups is 1. The van der Waals surface area contributed by atoms with E-state index in [0.717, 1.165) is 12.1 Å². The number of nitrogens with one attached hydrogen (secondary N) is 2. The lowest BCUT2D eigenvalue weighted by atomic mass is 10.1. The number of anilines is 1. The van der Waals surface area contributed by atoms with Gasteiger partial charge in [-0.1, -0.05) is 12.1 Å². The number of aromatic amines is 1. The topological polar surface area (TPSA) is 99.9 Å². The Bertz CT molecular complexity index is 621. The second-order valence-electron chi connectivity index (χ2n) is 5.21. The van der Waals surface area contributed by atoms with Crippen molar-refractivity contribution in [3.8, 4) is 0 Å². The molecule has 7 nitrogen and oxygen atoms in total. The summed E-state index contributed by atoms with van der Waals surface area (Å²) in [6.45, 7) is 2.61. The predicted octanol–water partition coefficient (Wildman–Crippen LogP) is 0.939. The lowest BCUT2D eigenvalue weighted by molar-refractivity contribution is 0.0938. The van der Waals surface area contributed by atoms with E-state index in [4.69, 9.17) is 5.73 Å². The van der Waals surface area contributed by atoms with Crippen LogP contribution in [0.5, 0.6) is 0 Å². The second-order valence-corrected chi connectivity index (χ2v) is 5.21. The molecule has 0 aliphatic carbocycles. The molecule has 0 spiro atoms. The van der Waals surface area contributed by atoms with Crippen LogP contribution in [0.3, 0.4) is 0 Å². The smallest absolute Gasteiger partial charge is 0.251 e. The molecule has 2 rings (SSSR count). The average Bonchev–Trinajstić information content (AvgIpc) is 2.85. The fourth-order valence-electron chi connectivity index (χ4n) is 2.01. The Morgan fingerprint density at radius 2 is 2.24 bits per heavy atom. The maximum atomic E-state index is 12.3. The van der Waals surface area contributed by atoms with Crippen LogP contribution in [-0.4, -0.2) is 40.1 Å². The monoisotopic (exact) mass is 288 g/mol. The SMILES string of the molecule is CC(NC(=O)c1cccc(CN(C)C)c1)c1nc(N)n[nH]1. The van der Waals surface area contributed by atoms with Gasteiger partial charge in [-0.05, 0) is 38.7 Å². The lowest BCUT2D eigenvalue weighted by Crippen LogP contribution is -2.27. The summed E-state index contributed by atoms with van der Waals surface area (Å²) in [5, 5.41) is 9.31. The number of nitrogens with zero attached hydrogens (tertiary/aromatic N) is 3. The molecule has 1 amide bonds. The van der Waals surface area contributed by atoms with Gasteiger partial charge in [0.1, 0.15) is 5.82 Å². The van der Waals surface area contributed by atoms with Crippen molar-refractivity contribution in [1.29, 1.82) is 0 Å². The first-order chi connectivity index (χ1) is 9.95. The third-order valence-corrected chi connectivity index (χ3v) is 2.97. The number of nitrogens with two attached hydrogens (primary N) is 1. The summed E-state index contributed by atoms with van der Waals surface area (Å²) >= 11 is 0. The largest absolute Gasteiger partial charge is 0.367 e. The van der Waals surface area contributed by atoms with E-state index in [1.54, 1.807) is 6.07 Å². The average molecular weight is 288 g/mol. The molecule has 2 aromatic rings. The van der Waals surface area contributed by atoms with Gasteiger partial charge in [-0.25, -0.2) is 0 Å². The Balaban J connectivity index is 2.06. The van der Waals surface area contributed by atoms with Crippen molar-refractivity contribution < 1.29 is 4.79 Å². The van der Waals surface area contributed by atoms with Crippen LogP contribution in [0.1, 0.15) is 34.7 Å². The molecule has 7 heteroatoms. The number of nitrogen functional groups attached to an aromatic ring is 1. The highest BCUT2D eigenvalue weighted by atomic mass is 16.1. The molecule has 21 heavy (non-hydrogen) atoms. The van der Waals surface area contributed by atoms with E-state index in [1.807, 2.05) is 39.2 Å². The van der Waals surface area contributed by atoms with Crippen molar-refractivity contribution >= 4 is 11.9 Å². The van der Waals surface area contributed by atoms with Gasteiger partial charge in [-0.3, -0.25) is 9.89 Å². The maximum absolute atomic E-state index is 12.3. The normalized spacial score (nSPS) is 12.4. The van der Waals surface area contributed by atoms with Crippen molar-refractivity contribution in [2.45, 2.75) is 19.5 Å². The first-order valence-electron chi connectivity index (χ1n) is 6.68. The van der Waals surface area contributed by atoms with E-state index in [9.17, 15) is 4.79 Å². The fourth-order valence-corrected chi connectivity index (χ4v) is 2.01. The van der Waals surface area contributed by atoms with Gasteiger partial charge in [-0.2, -0.15) is 4.98 Å². The van der Waals surface area contributed by atoms with Gasteiger partial charge in [0.05, 0.1) is 6.04 Å². The first kappa shape index (κ1) is 15.0. The van der Waals surface area contributed by atoms with E-state index in [0.29, 0.717) is 11.4 Å². The standard InChI is InChI=1S/C14H20N6O/c1-9(12-17-14(15)19-18-12)16-13(21)11-6-4-5-10(7-11)8-20(2)3/h4-7,9H,8H2,1-3H3,(H,16,21)(H3,15,17,18,19). The minimum atomic E-state index is -0.292. The van der Waals surface area contributed by atoms with Gasteiger partial charge in [0.25, 0.3) is 5.91 Å². The molecule has 1 atom stereocenters. The lowest BCUT2D eigenvalue weighted by Gasteiger charge is -2.13. The molecule has 0 aliphatic rings. The molecule has 0 aliphatic heterocycles. The Morgan fingerprint density at radius 3 is 2.86 bits per heavy atom. The highest BCUT2D eigenvalue weighted by molar-refractivity contribution is 5.94. The summed E-state index contributed by atoms with van der Waals surface area (Å²) in [7, 11) is 3.98. The highest BCUT2D eigenvalue weighted by Gasteiger charge is 2.14. The fraction of sp³-hybridized carbons (Fsp3) is 0.357. The van der Waals surface area contributed by atoms with E-state index in [1.165, 1.54) is 0 Å². The molecule has 0 saturated heterocycles. The van der Waals surface area contributed by atoms with Gasteiger partial charge in [0.2, 0.25) is 5.95 Å². The summed E-state index contributed by atoms with van der Waals surface area (Å²) in [5.74, 6) is 0.544. The van der Waals surface area contributed by atoms with Gasteiger partial charge in [0, 0.05) is 12.1 Å². The van der Waals surface area contributed by atoms with Crippen LogP contribution in [0.4, 0.5) is 5.95 Å². The van der Waals surface area contributed by atoms with Crippen LogP contribution >= 0.6 is 0 Å². The molecule has 112 valence electrons. The molecule has 0 fully saturated rings. The molecular formula is C14H20N6O. The molecule has 0 bridgehead atoms. The number of benzene rings is 1. The molecule has 4 N–H and O–H groups in total. The molecule has 1 heterocycles. The van der Waals surface area contributed by atoms with Gasteiger partial charge in [-0.15, -0.1) is 5.10 Å². The summed E-state index contributed by atoms with van der Waals surface area (Å²) in [6, 6.07) is 7.26. The number of rotatable bonds is 5. The number of carbonyl (C=O) groups excluding carboxylic acids is 1. The minimum Gasteiger partial charge on any atom is -0.367 e. The zero-order valence-corrected chi connectivity index (χ0v) is 12.4. The van der Waals surface area contributed by atoms with E-state index in [-0.39, 0.29) is 17.9 Å². The number of H-pyrrole nitrogens is 1. The summed E-state index contributed by atoms with van der Waals surface area (Å²) in [4.78, 5) is 18.3. The quantitative estimate of drug-likeness (QED) is 0.760. The number of hydrogen-bond donors (Lipinski definition) is 3. The predicted molar refractivity (Wildman–Crippen MR) is 80.5 cm³/mol. The zero-order chi connectivity index (χ0) is 15.4. The Morgan fingerprint density at radius 1 is 1.48 bits per heavy atom.